The summed E-state index contributed by atoms with van der Waals surface area (Å²) >= 11 is 0. The number of ether oxygens (including phenoxy) is 3. The lowest BCUT2D eigenvalue weighted by Gasteiger charge is -2.14. The SMILES string of the molecule is CCCCCOC(=O)[C@H](C)Oc1ccc(C(=O)Nc2ccccc2OCC)cc1. The van der Waals surface area contributed by atoms with Gasteiger partial charge in [0, 0.05) is 5.56 Å². The fourth-order valence-corrected chi connectivity index (χ4v) is 2.63. The molecule has 0 spiro atoms. The van der Waals surface area contributed by atoms with Crippen LogP contribution in [0.15, 0.2) is 48.5 Å². The molecule has 1 atom stereocenters. The van der Waals surface area contributed by atoms with E-state index in [1.807, 2.05) is 19.1 Å². The Morgan fingerprint density at radius 2 is 1.72 bits per heavy atom. The van der Waals surface area contributed by atoms with Crippen LogP contribution in [0.5, 0.6) is 11.5 Å². The van der Waals surface area contributed by atoms with E-state index in [1.165, 1.54) is 0 Å². The highest BCUT2D eigenvalue weighted by atomic mass is 16.6. The van der Waals surface area contributed by atoms with Crippen LogP contribution in [0.3, 0.4) is 0 Å². The molecule has 0 bridgehead atoms. The second-order valence-electron chi connectivity index (χ2n) is 6.54. The van der Waals surface area contributed by atoms with Gasteiger partial charge >= 0.3 is 5.97 Å². The molecule has 0 heterocycles. The summed E-state index contributed by atoms with van der Waals surface area (Å²) in [5.74, 6) is 0.464. The van der Waals surface area contributed by atoms with E-state index in [4.69, 9.17) is 14.2 Å². The summed E-state index contributed by atoms with van der Waals surface area (Å²) in [5.41, 5.74) is 1.08. The van der Waals surface area contributed by atoms with Gasteiger partial charge in [0.25, 0.3) is 5.91 Å². The van der Waals surface area contributed by atoms with Crippen molar-refractivity contribution in [2.24, 2.45) is 0 Å². The molecule has 156 valence electrons. The van der Waals surface area contributed by atoms with Crippen LogP contribution in [0.1, 0.15) is 50.4 Å². The number of nitrogens with one attached hydrogen (secondary N) is 1. The Hall–Kier alpha value is -3.02. The standard InChI is InChI=1S/C23H29NO5/c1-4-6-9-16-28-23(26)17(3)29-19-14-12-18(13-15-19)22(25)24-20-10-7-8-11-21(20)27-5-2/h7-8,10-15,17H,4-6,9,16H2,1-3H3,(H,24,25)/t17-/m0/s1. The number of anilines is 1. The zero-order valence-corrected chi connectivity index (χ0v) is 17.3. The highest BCUT2D eigenvalue weighted by Crippen LogP contribution is 2.24. The Bertz CT molecular complexity index is 788. The molecular formula is C23H29NO5. The third-order valence-corrected chi connectivity index (χ3v) is 4.19. The molecule has 0 fully saturated rings. The van der Waals surface area contributed by atoms with Crippen LogP contribution in [-0.4, -0.2) is 31.2 Å². The summed E-state index contributed by atoms with van der Waals surface area (Å²) in [6.07, 6.45) is 2.24. The van der Waals surface area contributed by atoms with E-state index < -0.39 is 12.1 Å². The maximum absolute atomic E-state index is 12.5. The number of hydrogen-bond acceptors (Lipinski definition) is 5. The summed E-state index contributed by atoms with van der Waals surface area (Å²) in [5, 5.41) is 2.84. The van der Waals surface area contributed by atoms with Gasteiger partial charge in [0.15, 0.2) is 6.10 Å². The molecule has 0 unspecified atom stereocenters. The number of esters is 1. The number of rotatable bonds is 11. The summed E-state index contributed by atoms with van der Waals surface area (Å²) in [7, 11) is 0. The Morgan fingerprint density at radius 3 is 2.41 bits per heavy atom. The minimum Gasteiger partial charge on any atom is -0.492 e. The van der Waals surface area contributed by atoms with Crippen LogP contribution < -0.4 is 14.8 Å². The first kappa shape index (κ1) is 22.3. The van der Waals surface area contributed by atoms with Crippen LogP contribution in [0.4, 0.5) is 5.69 Å². The third-order valence-electron chi connectivity index (χ3n) is 4.19. The minimum absolute atomic E-state index is 0.257. The number of carbonyl (C=O) groups is 2. The molecule has 0 saturated carbocycles. The number of benzene rings is 2. The highest BCUT2D eigenvalue weighted by Gasteiger charge is 2.16. The van der Waals surface area contributed by atoms with Gasteiger partial charge < -0.3 is 19.5 Å². The third kappa shape index (κ3) is 7.14. The van der Waals surface area contributed by atoms with E-state index in [2.05, 4.69) is 12.2 Å². The van der Waals surface area contributed by atoms with Gasteiger partial charge in [0.2, 0.25) is 0 Å². The average Bonchev–Trinajstić information content (AvgIpc) is 2.73. The smallest absolute Gasteiger partial charge is 0.347 e. The van der Waals surface area contributed by atoms with Crippen LogP contribution in [0.25, 0.3) is 0 Å². The van der Waals surface area contributed by atoms with E-state index in [0.29, 0.717) is 36.0 Å². The van der Waals surface area contributed by atoms with E-state index in [-0.39, 0.29) is 5.91 Å². The second kappa shape index (κ2) is 11.7. The number of unbranched alkanes of at least 4 members (excludes halogenated alkanes) is 2. The van der Waals surface area contributed by atoms with Gasteiger partial charge in [0.1, 0.15) is 11.5 Å². The lowest BCUT2D eigenvalue weighted by atomic mass is 10.2. The second-order valence-corrected chi connectivity index (χ2v) is 6.54. The van der Waals surface area contributed by atoms with Gasteiger partial charge in [-0.1, -0.05) is 31.9 Å². The van der Waals surface area contributed by atoms with Gasteiger partial charge in [-0.25, -0.2) is 4.79 Å². The predicted molar refractivity (Wildman–Crippen MR) is 113 cm³/mol. The molecule has 0 aliphatic heterocycles. The number of para-hydroxylation sites is 2. The van der Waals surface area contributed by atoms with Crippen molar-refractivity contribution >= 4 is 17.6 Å². The molecule has 0 radical (unpaired) electrons. The maximum atomic E-state index is 12.5. The van der Waals surface area contributed by atoms with E-state index in [1.54, 1.807) is 43.3 Å². The van der Waals surface area contributed by atoms with Crippen molar-refractivity contribution < 1.29 is 23.8 Å². The molecule has 6 nitrogen and oxygen atoms in total. The summed E-state index contributed by atoms with van der Waals surface area (Å²) in [6, 6.07) is 13.9. The van der Waals surface area contributed by atoms with Gasteiger partial charge in [0.05, 0.1) is 18.9 Å². The molecule has 6 heteroatoms. The molecule has 2 aromatic carbocycles. The first-order valence-electron chi connectivity index (χ1n) is 10.0. The Labute approximate surface area is 172 Å². The predicted octanol–water partition coefficient (Wildman–Crippen LogP) is 4.84. The molecule has 2 rings (SSSR count). The van der Waals surface area contributed by atoms with Crippen LogP contribution in [0.2, 0.25) is 0 Å². The molecule has 0 aromatic heterocycles. The minimum atomic E-state index is -0.714. The van der Waals surface area contributed by atoms with Crippen molar-refractivity contribution in [3.63, 3.8) is 0 Å². The molecule has 29 heavy (non-hydrogen) atoms. The van der Waals surface area contributed by atoms with Crippen LogP contribution in [0, 0.1) is 0 Å². The van der Waals surface area contributed by atoms with Crippen molar-refractivity contribution in [1.29, 1.82) is 0 Å². The van der Waals surface area contributed by atoms with Crippen LogP contribution in [-0.2, 0) is 9.53 Å². The summed E-state index contributed by atoms with van der Waals surface area (Å²) < 4.78 is 16.3. The molecular weight excluding hydrogens is 370 g/mol. The van der Waals surface area contributed by atoms with Crippen molar-refractivity contribution in [1.82, 2.24) is 0 Å². The molecule has 1 N–H and O–H groups in total. The van der Waals surface area contributed by atoms with Gasteiger partial charge in [-0.2, -0.15) is 0 Å². The fraction of sp³-hybridized carbons (Fsp3) is 0.391. The van der Waals surface area contributed by atoms with Crippen molar-refractivity contribution in [2.75, 3.05) is 18.5 Å². The lowest BCUT2D eigenvalue weighted by Crippen LogP contribution is -2.26. The fourth-order valence-electron chi connectivity index (χ4n) is 2.63. The van der Waals surface area contributed by atoms with E-state index in [0.717, 1.165) is 19.3 Å². The van der Waals surface area contributed by atoms with E-state index >= 15 is 0 Å². The average molecular weight is 399 g/mol. The first-order chi connectivity index (χ1) is 14.0. The quantitative estimate of drug-likeness (QED) is 0.432. The summed E-state index contributed by atoms with van der Waals surface area (Å²) in [6.45, 7) is 6.54. The molecule has 0 aliphatic carbocycles. The van der Waals surface area contributed by atoms with Crippen molar-refractivity contribution in [3.05, 3.63) is 54.1 Å². The monoisotopic (exact) mass is 399 g/mol. The Balaban J connectivity index is 1.91. The molecule has 0 saturated heterocycles. The lowest BCUT2D eigenvalue weighted by molar-refractivity contribution is -0.151. The topological polar surface area (TPSA) is 73.9 Å². The normalized spacial score (nSPS) is 11.4. The number of carbonyl (C=O) groups excluding carboxylic acids is 2. The molecule has 0 aliphatic rings. The van der Waals surface area contributed by atoms with E-state index in [9.17, 15) is 9.59 Å². The molecule has 2 aromatic rings. The maximum Gasteiger partial charge on any atom is 0.347 e. The Morgan fingerprint density at radius 1 is 1.00 bits per heavy atom. The number of amides is 1. The van der Waals surface area contributed by atoms with Gasteiger partial charge in [-0.3, -0.25) is 4.79 Å². The largest absolute Gasteiger partial charge is 0.492 e. The summed E-state index contributed by atoms with van der Waals surface area (Å²) in [4.78, 5) is 24.5. The highest BCUT2D eigenvalue weighted by molar-refractivity contribution is 6.05. The zero-order chi connectivity index (χ0) is 21.1. The molecule has 1 amide bonds. The van der Waals surface area contributed by atoms with Gasteiger partial charge in [-0.05, 0) is 56.7 Å². The number of hydrogen-bond donors (Lipinski definition) is 1. The first-order valence-corrected chi connectivity index (χ1v) is 10.0. The Kier molecular flexibility index (Phi) is 9.02. The van der Waals surface area contributed by atoms with Gasteiger partial charge in [-0.15, -0.1) is 0 Å². The van der Waals surface area contributed by atoms with Crippen LogP contribution >= 0.6 is 0 Å². The van der Waals surface area contributed by atoms with Crippen molar-refractivity contribution in [2.45, 2.75) is 46.1 Å². The zero-order valence-electron chi connectivity index (χ0n) is 17.3. The van der Waals surface area contributed by atoms with Crippen molar-refractivity contribution in [3.8, 4) is 11.5 Å².